The van der Waals surface area contributed by atoms with E-state index in [0.29, 0.717) is 0 Å². The highest BCUT2D eigenvalue weighted by Gasteiger charge is 2.19. The predicted molar refractivity (Wildman–Crippen MR) is 82.9 cm³/mol. The second kappa shape index (κ2) is 5.75. The van der Waals surface area contributed by atoms with Crippen LogP contribution >= 0.6 is 0 Å². The van der Waals surface area contributed by atoms with Crippen LogP contribution in [-0.2, 0) is 0 Å². The smallest absolute Gasteiger partial charge is 0.269 e. The Morgan fingerprint density at radius 3 is 2.43 bits per heavy atom. The van der Waals surface area contributed by atoms with Crippen LogP contribution in [0.25, 0.3) is 0 Å². The quantitative estimate of drug-likeness (QED) is 0.641. The zero-order valence-electron chi connectivity index (χ0n) is 11.5. The molecule has 3 rings (SSSR count). The lowest BCUT2D eigenvalue weighted by Crippen LogP contribution is -2.36. The topological polar surface area (TPSA) is 58.7 Å². The first kappa shape index (κ1) is 13.3. The summed E-state index contributed by atoms with van der Waals surface area (Å²) < 4.78 is 0. The number of nitro benzene ring substituents is 1. The number of rotatable bonds is 3. The van der Waals surface area contributed by atoms with Crippen molar-refractivity contribution in [3.8, 4) is 0 Å². The molecule has 0 atom stereocenters. The summed E-state index contributed by atoms with van der Waals surface area (Å²) in [6.45, 7) is 1.68. The monoisotopic (exact) mass is 281 g/mol. The van der Waals surface area contributed by atoms with Crippen molar-refractivity contribution >= 4 is 17.2 Å². The molecule has 0 saturated carbocycles. The average molecular weight is 281 g/mol. The first-order chi connectivity index (χ1) is 10.3. The molecule has 5 nitrogen and oxygen atoms in total. The number of hydrogen-bond donors (Lipinski definition) is 0. The minimum Gasteiger partial charge on any atom is -0.326 e. The molecule has 0 radical (unpaired) electrons. The molecule has 0 amide bonds. The molecule has 106 valence electrons. The highest BCUT2D eigenvalue weighted by molar-refractivity contribution is 6.10. The maximum Gasteiger partial charge on any atom is 0.269 e. The van der Waals surface area contributed by atoms with Crippen LogP contribution in [0.3, 0.4) is 0 Å². The van der Waals surface area contributed by atoms with Crippen molar-refractivity contribution in [3.05, 3.63) is 70.3 Å². The van der Waals surface area contributed by atoms with E-state index >= 15 is 0 Å². The molecule has 0 bridgehead atoms. The van der Waals surface area contributed by atoms with Gasteiger partial charge in [0.15, 0.2) is 0 Å². The van der Waals surface area contributed by atoms with Gasteiger partial charge in [-0.05, 0) is 18.6 Å². The summed E-state index contributed by atoms with van der Waals surface area (Å²) in [5.41, 5.74) is 2.10. The third-order valence-electron chi connectivity index (χ3n) is 3.46. The van der Waals surface area contributed by atoms with Gasteiger partial charge in [-0.1, -0.05) is 30.3 Å². The first-order valence-corrected chi connectivity index (χ1v) is 6.87. The number of anilines is 1. The lowest BCUT2D eigenvalue weighted by atomic mass is 10.1. The van der Waals surface area contributed by atoms with Crippen LogP contribution in [0.2, 0.25) is 0 Å². The molecule has 1 heterocycles. The van der Waals surface area contributed by atoms with Crippen molar-refractivity contribution < 1.29 is 4.92 Å². The highest BCUT2D eigenvalue weighted by Crippen LogP contribution is 2.23. The van der Waals surface area contributed by atoms with Crippen LogP contribution in [-0.4, -0.2) is 23.8 Å². The van der Waals surface area contributed by atoms with E-state index in [9.17, 15) is 10.1 Å². The van der Waals surface area contributed by atoms with Crippen LogP contribution in [0.15, 0.2) is 59.6 Å². The third-order valence-corrected chi connectivity index (χ3v) is 3.46. The summed E-state index contributed by atoms with van der Waals surface area (Å²) in [7, 11) is 0. The molecule has 21 heavy (non-hydrogen) atoms. The van der Waals surface area contributed by atoms with E-state index in [1.165, 1.54) is 12.1 Å². The Labute approximate surface area is 122 Å². The van der Waals surface area contributed by atoms with Gasteiger partial charge in [0, 0.05) is 36.5 Å². The third kappa shape index (κ3) is 2.76. The largest absolute Gasteiger partial charge is 0.326 e. The van der Waals surface area contributed by atoms with Crippen molar-refractivity contribution in [1.29, 1.82) is 0 Å². The van der Waals surface area contributed by atoms with Gasteiger partial charge in [0.1, 0.15) is 5.84 Å². The molecule has 2 aromatic rings. The first-order valence-electron chi connectivity index (χ1n) is 6.87. The zero-order valence-corrected chi connectivity index (χ0v) is 11.5. The molecule has 5 heteroatoms. The minimum absolute atomic E-state index is 0.106. The van der Waals surface area contributed by atoms with Crippen LogP contribution in [0.4, 0.5) is 11.4 Å². The number of nitro groups is 1. The standard InChI is InChI=1S/C16H15N3O2/c20-19(21)15-9-7-14(8-10-15)18-12-4-11-17-16(18)13-5-2-1-3-6-13/h1-3,5-10H,4,11-12H2. The SMILES string of the molecule is O=[N+]([O-])c1ccc(N2CCCN=C2c2ccccc2)cc1. The van der Waals surface area contributed by atoms with Crippen molar-refractivity contribution in [3.63, 3.8) is 0 Å². The van der Waals surface area contributed by atoms with Gasteiger partial charge < -0.3 is 4.90 Å². The highest BCUT2D eigenvalue weighted by atomic mass is 16.6. The molecule has 0 aromatic heterocycles. The molecule has 0 unspecified atom stereocenters. The molecular formula is C16H15N3O2. The minimum atomic E-state index is -0.383. The van der Waals surface area contributed by atoms with Crippen LogP contribution < -0.4 is 4.90 Å². The number of aliphatic imine (C=N–C) groups is 1. The summed E-state index contributed by atoms with van der Waals surface area (Å²) >= 11 is 0. The molecule has 0 fully saturated rings. The lowest BCUT2D eigenvalue weighted by molar-refractivity contribution is -0.384. The van der Waals surface area contributed by atoms with Gasteiger partial charge in [0.2, 0.25) is 0 Å². The molecule has 2 aromatic carbocycles. The summed E-state index contributed by atoms with van der Waals surface area (Å²) in [5, 5.41) is 10.7. The van der Waals surface area contributed by atoms with Crippen molar-refractivity contribution in [2.45, 2.75) is 6.42 Å². The number of benzene rings is 2. The van der Waals surface area contributed by atoms with Gasteiger partial charge >= 0.3 is 0 Å². The fraction of sp³-hybridized carbons (Fsp3) is 0.188. The van der Waals surface area contributed by atoms with Crippen LogP contribution in [0.1, 0.15) is 12.0 Å². The van der Waals surface area contributed by atoms with Gasteiger partial charge in [-0.2, -0.15) is 0 Å². The number of nitrogens with zero attached hydrogens (tertiary/aromatic N) is 3. The molecule has 0 N–H and O–H groups in total. The van der Waals surface area contributed by atoms with Crippen molar-refractivity contribution in [2.75, 3.05) is 18.0 Å². The molecular weight excluding hydrogens is 266 g/mol. The van der Waals surface area contributed by atoms with Gasteiger partial charge in [0.05, 0.1) is 4.92 Å². The summed E-state index contributed by atoms with van der Waals surface area (Å²) in [6.07, 6.45) is 0.979. The Morgan fingerprint density at radius 2 is 1.76 bits per heavy atom. The predicted octanol–water partition coefficient (Wildman–Crippen LogP) is 3.25. The van der Waals surface area contributed by atoms with Gasteiger partial charge in [-0.15, -0.1) is 0 Å². The summed E-state index contributed by atoms with van der Waals surface area (Å²) in [4.78, 5) is 17.1. The van der Waals surface area contributed by atoms with E-state index in [4.69, 9.17) is 0 Å². The normalized spacial score (nSPS) is 14.7. The molecule has 0 aliphatic carbocycles. The van der Waals surface area contributed by atoms with E-state index in [2.05, 4.69) is 9.89 Å². The maximum absolute atomic E-state index is 10.7. The van der Waals surface area contributed by atoms with E-state index in [0.717, 1.165) is 36.6 Å². The Hall–Kier alpha value is -2.69. The number of hydrogen-bond acceptors (Lipinski definition) is 4. The van der Waals surface area contributed by atoms with E-state index in [1.807, 2.05) is 30.3 Å². The van der Waals surface area contributed by atoms with Gasteiger partial charge in [0.25, 0.3) is 5.69 Å². The van der Waals surface area contributed by atoms with Gasteiger partial charge in [-0.25, -0.2) is 0 Å². The van der Waals surface area contributed by atoms with Crippen LogP contribution in [0.5, 0.6) is 0 Å². The van der Waals surface area contributed by atoms with Gasteiger partial charge in [-0.3, -0.25) is 15.1 Å². The Bertz CT molecular complexity index is 666. The van der Waals surface area contributed by atoms with Crippen molar-refractivity contribution in [1.82, 2.24) is 0 Å². The van der Waals surface area contributed by atoms with Crippen molar-refractivity contribution in [2.24, 2.45) is 4.99 Å². The Kier molecular flexibility index (Phi) is 3.64. The Morgan fingerprint density at radius 1 is 1.05 bits per heavy atom. The molecule has 1 aliphatic rings. The molecule has 0 saturated heterocycles. The molecule has 0 spiro atoms. The summed E-state index contributed by atoms with van der Waals surface area (Å²) in [6, 6.07) is 16.6. The lowest BCUT2D eigenvalue weighted by Gasteiger charge is -2.29. The van der Waals surface area contributed by atoms with E-state index in [-0.39, 0.29) is 10.6 Å². The van der Waals surface area contributed by atoms with E-state index < -0.39 is 0 Å². The second-order valence-corrected chi connectivity index (χ2v) is 4.85. The maximum atomic E-state index is 10.7. The Balaban J connectivity index is 1.94. The fourth-order valence-corrected chi connectivity index (χ4v) is 2.45. The average Bonchev–Trinajstić information content (AvgIpc) is 2.56. The zero-order chi connectivity index (χ0) is 14.7. The number of amidine groups is 1. The number of non-ortho nitro benzene ring substituents is 1. The second-order valence-electron chi connectivity index (χ2n) is 4.85. The summed E-state index contributed by atoms with van der Waals surface area (Å²) in [5.74, 6) is 0.927. The van der Waals surface area contributed by atoms with E-state index in [1.54, 1.807) is 12.1 Å². The fourth-order valence-electron chi connectivity index (χ4n) is 2.45. The van der Waals surface area contributed by atoms with Crippen LogP contribution in [0, 0.1) is 10.1 Å². The molecule has 1 aliphatic heterocycles.